The highest BCUT2D eigenvalue weighted by Gasteiger charge is 2.09. The van der Waals surface area contributed by atoms with Crippen molar-refractivity contribution in [2.24, 2.45) is 0 Å². The summed E-state index contributed by atoms with van der Waals surface area (Å²) in [5.41, 5.74) is 0.779. The van der Waals surface area contributed by atoms with E-state index < -0.39 is 5.91 Å². The minimum Gasteiger partial charge on any atom is -0.504 e. The average molecular weight is 284 g/mol. The molecule has 0 aliphatic rings. The zero-order valence-electron chi connectivity index (χ0n) is 10.9. The molecule has 0 aliphatic heterocycles. The van der Waals surface area contributed by atoms with Crippen molar-refractivity contribution in [1.29, 1.82) is 0 Å². The van der Waals surface area contributed by atoms with E-state index in [-0.39, 0.29) is 29.5 Å². The minimum atomic E-state index is -0.481. The number of carbonyl (C=O) groups excluding carboxylic acids is 1. The third-order valence-corrected chi connectivity index (χ3v) is 2.55. The van der Waals surface area contributed by atoms with Gasteiger partial charge >= 0.3 is 0 Å². The van der Waals surface area contributed by atoms with Crippen LogP contribution in [0.3, 0.4) is 0 Å². The molecule has 0 aliphatic carbocycles. The van der Waals surface area contributed by atoms with Crippen LogP contribution in [0.15, 0.2) is 36.5 Å². The molecule has 1 heterocycles. The molecule has 0 radical (unpaired) electrons. The van der Waals surface area contributed by atoms with Gasteiger partial charge in [-0.05, 0) is 30.3 Å². The van der Waals surface area contributed by atoms with Gasteiger partial charge in [-0.25, -0.2) is 4.98 Å². The molecule has 1 aromatic heterocycles. The van der Waals surface area contributed by atoms with E-state index in [1.54, 1.807) is 12.1 Å². The topological polar surface area (TPSA) is 103 Å². The first kappa shape index (κ1) is 14.4. The number of aromatic nitrogens is 1. The molecular weight excluding hydrogens is 272 g/mol. The van der Waals surface area contributed by atoms with Crippen LogP contribution in [0.25, 0.3) is 0 Å². The number of aromatic hydroxyl groups is 2. The van der Waals surface area contributed by atoms with Gasteiger partial charge in [0.15, 0.2) is 11.5 Å². The van der Waals surface area contributed by atoms with Crippen LogP contribution in [0.2, 0.25) is 0 Å². The molecular formula is C15H12N2O4. The standard InChI is InChI=1S/C15H12N2O4/c18-7-1-2-10-5-6-16-14(8-10)17-15(21)11-3-4-12(19)13(20)9-11/h3-6,8-9,18-20H,7H2,(H,16,17,21). The van der Waals surface area contributed by atoms with Crippen LogP contribution >= 0.6 is 0 Å². The van der Waals surface area contributed by atoms with Gasteiger partial charge in [0.1, 0.15) is 12.4 Å². The first-order valence-corrected chi connectivity index (χ1v) is 5.99. The van der Waals surface area contributed by atoms with Crippen molar-refractivity contribution in [3.63, 3.8) is 0 Å². The lowest BCUT2D eigenvalue weighted by atomic mass is 10.2. The summed E-state index contributed by atoms with van der Waals surface area (Å²) in [5, 5.41) is 29.8. The third-order valence-electron chi connectivity index (χ3n) is 2.55. The van der Waals surface area contributed by atoms with Crippen LogP contribution in [0.1, 0.15) is 15.9 Å². The molecule has 2 rings (SSSR count). The summed E-state index contributed by atoms with van der Waals surface area (Å²) >= 11 is 0. The Labute approximate surface area is 120 Å². The van der Waals surface area contributed by atoms with Crippen LogP contribution in [0, 0.1) is 11.8 Å². The lowest BCUT2D eigenvalue weighted by Crippen LogP contribution is -2.12. The molecule has 0 bridgehead atoms. The number of anilines is 1. The van der Waals surface area contributed by atoms with Crippen molar-refractivity contribution >= 4 is 11.7 Å². The Morgan fingerprint density at radius 1 is 1.19 bits per heavy atom. The molecule has 4 N–H and O–H groups in total. The number of nitrogens with zero attached hydrogens (tertiary/aromatic N) is 1. The smallest absolute Gasteiger partial charge is 0.256 e. The molecule has 2 aromatic rings. The number of carbonyl (C=O) groups is 1. The quantitative estimate of drug-likeness (QED) is 0.488. The van der Waals surface area contributed by atoms with Gasteiger partial charge in [0.05, 0.1) is 0 Å². The first-order chi connectivity index (χ1) is 10.1. The fourth-order valence-electron chi connectivity index (χ4n) is 1.57. The fourth-order valence-corrected chi connectivity index (χ4v) is 1.57. The third kappa shape index (κ3) is 3.72. The summed E-state index contributed by atoms with van der Waals surface area (Å²) in [4.78, 5) is 16.0. The van der Waals surface area contributed by atoms with Crippen LogP contribution in [-0.2, 0) is 0 Å². The summed E-state index contributed by atoms with van der Waals surface area (Å²) in [5.74, 6) is 4.33. The Bertz CT molecular complexity index is 732. The van der Waals surface area contributed by atoms with Crippen molar-refractivity contribution in [3.05, 3.63) is 47.7 Å². The molecule has 6 heteroatoms. The molecule has 106 valence electrons. The van der Waals surface area contributed by atoms with Crippen LogP contribution < -0.4 is 5.32 Å². The fraction of sp³-hybridized carbons (Fsp3) is 0.0667. The number of phenolic OH excluding ortho intramolecular Hbond substituents is 2. The van der Waals surface area contributed by atoms with Crippen LogP contribution in [0.5, 0.6) is 11.5 Å². The zero-order chi connectivity index (χ0) is 15.2. The highest BCUT2D eigenvalue weighted by molar-refractivity contribution is 6.04. The second-order valence-electron chi connectivity index (χ2n) is 4.05. The summed E-state index contributed by atoms with van der Waals surface area (Å²) in [6.07, 6.45) is 1.48. The molecule has 0 spiro atoms. The number of hydrogen-bond acceptors (Lipinski definition) is 5. The van der Waals surface area contributed by atoms with E-state index in [4.69, 9.17) is 5.11 Å². The second kappa shape index (κ2) is 6.41. The van der Waals surface area contributed by atoms with Gasteiger partial charge < -0.3 is 20.6 Å². The zero-order valence-corrected chi connectivity index (χ0v) is 10.9. The summed E-state index contributed by atoms with van der Waals surface area (Å²) < 4.78 is 0. The maximum atomic E-state index is 12.0. The molecule has 21 heavy (non-hydrogen) atoms. The van der Waals surface area contributed by atoms with Crippen molar-refractivity contribution in [2.75, 3.05) is 11.9 Å². The summed E-state index contributed by atoms with van der Waals surface area (Å²) in [6, 6.07) is 6.95. The highest BCUT2D eigenvalue weighted by Crippen LogP contribution is 2.25. The van der Waals surface area contributed by atoms with E-state index in [2.05, 4.69) is 22.1 Å². The van der Waals surface area contributed by atoms with E-state index in [1.807, 2.05) is 0 Å². The number of pyridine rings is 1. The average Bonchev–Trinajstić information content (AvgIpc) is 2.48. The Balaban J connectivity index is 2.17. The molecule has 1 aromatic carbocycles. The molecule has 6 nitrogen and oxygen atoms in total. The van der Waals surface area contributed by atoms with Gasteiger partial charge in [0, 0.05) is 17.3 Å². The van der Waals surface area contributed by atoms with E-state index in [1.165, 1.54) is 18.3 Å². The maximum Gasteiger partial charge on any atom is 0.256 e. The van der Waals surface area contributed by atoms with Crippen molar-refractivity contribution < 1.29 is 20.1 Å². The SMILES string of the molecule is O=C(Nc1cc(C#CCO)ccn1)c1ccc(O)c(O)c1. The maximum absolute atomic E-state index is 12.0. The van der Waals surface area contributed by atoms with Crippen LogP contribution in [-0.4, -0.2) is 32.8 Å². The Morgan fingerprint density at radius 3 is 2.71 bits per heavy atom. The number of aliphatic hydroxyl groups is 1. The summed E-state index contributed by atoms with van der Waals surface area (Å²) in [7, 11) is 0. The summed E-state index contributed by atoms with van der Waals surface area (Å²) in [6.45, 7) is -0.253. The van der Waals surface area contributed by atoms with Crippen molar-refractivity contribution in [2.45, 2.75) is 0 Å². The Hall–Kier alpha value is -3.04. The second-order valence-corrected chi connectivity index (χ2v) is 4.05. The van der Waals surface area contributed by atoms with Crippen LogP contribution in [0.4, 0.5) is 5.82 Å². The Kier molecular flexibility index (Phi) is 4.39. The largest absolute Gasteiger partial charge is 0.504 e. The predicted octanol–water partition coefficient (Wildman–Crippen LogP) is 1.09. The molecule has 0 saturated heterocycles. The van der Waals surface area contributed by atoms with E-state index in [0.29, 0.717) is 5.56 Å². The molecule has 0 unspecified atom stereocenters. The lowest BCUT2D eigenvalue weighted by molar-refractivity contribution is 0.102. The van der Waals surface area contributed by atoms with E-state index >= 15 is 0 Å². The van der Waals surface area contributed by atoms with Gasteiger partial charge in [-0.1, -0.05) is 11.8 Å². The number of hydrogen-bond donors (Lipinski definition) is 4. The number of phenols is 2. The van der Waals surface area contributed by atoms with Crippen molar-refractivity contribution in [3.8, 4) is 23.3 Å². The monoisotopic (exact) mass is 284 g/mol. The number of aliphatic hydroxyl groups excluding tert-OH is 1. The molecule has 0 fully saturated rings. The van der Waals surface area contributed by atoms with E-state index in [9.17, 15) is 15.0 Å². The van der Waals surface area contributed by atoms with Gasteiger partial charge in [-0.3, -0.25) is 4.79 Å². The minimum absolute atomic E-state index is 0.180. The number of amides is 1. The van der Waals surface area contributed by atoms with Gasteiger partial charge in [-0.15, -0.1) is 0 Å². The van der Waals surface area contributed by atoms with Gasteiger partial charge in [0.25, 0.3) is 5.91 Å². The number of benzene rings is 1. The molecule has 0 saturated carbocycles. The number of rotatable bonds is 2. The first-order valence-electron chi connectivity index (χ1n) is 5.99. The Morgan fingerprint density at radius 2 is 2.00 bits per heavy atom. The highest BCUT2D eigenvalue weighted by atomic mass is 16.3. The normalized spacial score (nSPS) is 9.57. The number of nitrogens with one attached hydrogen (secondary N) is 1. The molecule has 0 atom stereocenters. The van der Waals surface area contributed by atoms with Gasteiger partial charge in [0.2, 0.25) is 0 Å². The van der Waals surface area contributed by atoms with E-state index in [0.717, 1.165) is 6.07 Å². The lowest BCUT2D eigenvalue weighted by Gasteiger charge is -2.05. The van der Waals surface area contributed by atoms with Crippen molar-refractivity contribution in [1.82, 2.24) is 4.98 Å². The molecule has 1 amide bonds. The van der Waals surface area contributed by atoms with Gasteiger partial charge in [-0.2, -0.15) is 0 Å². The predicted molar refractivity (Wildman–Crippen MR) is 75.9 cm³/mol.